The van der Waals surface area contributed by atoms with Gasteiger partial charge in [-0.3, -0.25) is 4.79 Å². The summed E-state index contributed by atoms with van der Waals surface area (Å²) in [5.74, 6) is -2.25. The molecule has 1 aliphatic rings. The second-order valence-electron chi connectivity index (χ2n) is 4.87. The van der Waals surface area contributed by atoms with Gasteiger partial charge in [-0.15, -0.1) is 0 Å². The second kappa shape index (κ2) is 5.23. The number of hydrogen-bond acceptors (Lipinski definition) is 4. The zero-order valence-corrected chi connectivity index (χ0v) is 11.7. The Balaban J connectivity index is 2.38. The van der Waals surface area contributed by atoms with Crippen molar-refractivity contribution < 1.29 is 18.3 Å². The Morgan fingerprint density at radius 3 is 2.70 bits per heavy atom. The topological polar surface area (TPSA) is 98.5 Å². The first-order chi connectivity index (χ1) is 9.32. The van der Waals surface area contributed by atoms with Crippen LogP contribution in [0.1, 0.15) is 17.0 Å². The molecule has 1 aromatic rings. The summed E-state index contributed by atoms with van der Waals surface area (Å²) in [6.45, 7) is 0.0975. The normalized spacial score (nSPS) is 23.4. The number of carboxylic acids is 1. The van der Waals surface area contributed by atoms with Crippen LogP contribution < -0.4 is 0 Å². The molecule has 20 heavy (non-hydrogen) atoms. The molecule has 0 aromatic heterocycles. The van der Waals surface area contributed by atoms with Gasteiger partial charge in [-0.1, -0.05) is 12.1 Å². The summed E-state index contributed by atoms with van der Waals surface area (Å²) in [4.78, 5) is 11.3. The van der Waals surface area contributed by atoms with E-state index in [9.17, 15) is 18.3 Å². The average Bonchev–Trinajstić information content (AvgIpc) is 2.84. The molecule has 1 N–H and O–H groups in total. The molecular weight excluding hydrogens is 280 g/mol. The van der Waals surface area contributed by atoms with Crippen molar-refractivity contribution in [1.82, 2.24) is 4.31 Å². The van der Waals surface area contributed by atoms with Crippen LogP contribution in [0.5, 0.6) is 0 Å². The van der Waals surface area contributed by atoms with Gasteiger partial charge in [0.1, 0.15) is 0 Å². The smallest absolute Gasteiger partial charge is 0.308 e. The first kappa shape index (κ1) is 14.5. The van der Waals surface area contributed by atoms with E-state index < -0.39 is 27.8 Å². The standard InChI is InChI=1S/C13H14N2O4S/c1-20(18,19)15-7-11(12(8-15)13(16)17)10-4-2-3-9(5-10)6-14/h2-5,11-12H,7-8H2,1H3,(H,16,17)/t11-,12+/m0/s1. The first-order valence-electron chi connectivity index (χ1n) is 6.01. The highest BCUT2D eigenvalue weighted by Crippen LogP contribution is 2.34. The van der Waals surface area contributed by atoms with E-state index in [2.05, 4.69) is 0 Å². The van der Waals surface area contributed by atoms with Crippen molar-refractivity contribution in [3.8, 4) is 6.07 Å². The van der Waals surface area contributed by atoms with Gasteiger partial charge in [0, 0.05) is 19.0 Å². The lowest BCUT2D eigenvalue weighted by Crippen LogP contribution is -2.28. The summed E-state index contributed by atoms with van der Waals surface area (Å²) in [7, 11) is -3.42. The largest absolute Gasteiger partial charge is 0.481 e. The lowest BCUT2D eigenvalue weighted by molar-refractivity contribution is -0.141. The summed E-state index contributed by atoms with van der Waals surface area (Å²) < 4.78 is 24.3. The Labute approximate surface area is 117 Å². The number of rotatable bonds is 3. The van der Waals surface area contributed by atoms with E-state index in [0.717, 1.165) is 6.26 Å². The Morgan fingerprint density at radius 1 is 1.45 bits per heavy atom. The molecule has 2 rings (SSSR count). The maximum atomic E-state index is 11.6. The molecule has 0 aliphatic carbocycles. The van der Waals surface area contributed by atoms with Gasteiger partial charge in [0.15, 0.2) is 0 Å². The highest BCUT2D eigenvalue weighted by atomic mass is 32.2. The van der Waals surface area contributed by atoms with Crippen molar-refractivity contribution in [3.63, 3.8) is 0 Å². The van der Waals surface area contributed by atoms with E-state index in [4.69, 9.17) is 5.26 Å². The van der Waals surface area contributed by atoms with Gasteiger partial charge in [-0.2, -0.15) is 5.26 Å². The fourth-order valence-electron chi connectivity index (χ4n) is 2.47. The van der Waals surface area contributed by atoms with Crippen molar-refractivity contribution in [2.45, 2.75) is 5.92 Å². The molecule has 2 atom stereocenters. The minimum Gasteiger partial charge on any atom is -0.481 e. The monoisotopic (exact) mass is 294 g/mol. The van der Waals surface area contributed by atoms with Gasteiger partial charge < -0.3 is 5.11 Å². The number of carbonyl (C=O) groups is 1. The van der Waals surface area contributed by atoms with Crippen LogP contribution in [0.3, 0.4) is 0 Å². The summed E-state index contributed by atoms with van der Waals surface area (Å²) in [6, 6.07) is 8.65. The number of carboxylic acid groups (broad SMARTS) is 1. The number of nitriles is 1. The zero-order valence-electron chi connectivity index (χ0n) is 10.9. The van der Waals surface area contributed by atoms with Crippen LogP contribution in [-0.4, -0.2) is 43.1 Å². The van der Waals surface area contributed by atoms with Crippen LogP contribution >= 0.6 is 0 Å². The van der Waals surface area contributed by atoms with Crippen molar-refractivity contribution in [2.75, 3.05) is 19.3 Å². The second-order valence-corrected chi connectivity index (χ2v) is 6.85. The molecule has 1 heterocycles. The predicted molar refractivity (Wildman–Crippen MR) is 71.4 cm³/mol. The molecule has 6 nitrogen and oxygen atoms in total. The van der Waals surface area contributed by atoms with Crippen LogP contribution in [0, 0.1) is 17.2 Å². The van der Waals surface area contributed by atoms with Gasteiger partial charge in [0.2, 0.25) is 10.0 Å². The van der Waals surface area contributed by atoms with Crippen LogP contribution in [-0.2, 0) is 14.8 Å². The minimum atomic E-state index is -3.42. The number of aliphatic carboxylic acids is 1. The summed E-state index contributed by atoms with van der Waals surface area (Å²) >= 11 is 0. The van der Waals surface area contributed by atoms with Gasteiger partial charge in [-0.05, 0) is 17.7 Å². The first-order valence-corrected chi connectivity index (χ1v) is 7.85. The third-order valence-electron chi connectivity index (χ3n) is 3.52. The van der Waals surface area contributed by atoms with Crippen molar-refractivity contribution in [3.05, 3.63) is 35.4 Å². The van der Waals surface area contributed by atoms with Crippen LogP contribution in [0.4, 0.5) is 0 Å². The highest BCUT2D eigenvalue weighted by Gasteiger charge is 2.41. The molecule has 0 saturated carbocycles. The SMILES string of the molecule is CS(=O)(=O)N1C[C@@H](C(=O)O)[C@H](c2cccc(C#N)c2)C1. The Kier molecular flexibility index (Phi) is 3.79. The van der Waals surface area contributed by atoms with Gasteiger partial charge in [-0.25, -0.2) is 12.7 Å². The third kappa shape index (κ3) is 2.81. The fraction of sp³-hybridized carbons (Fsp3) is 0.385. The molecule has 0 radical (unpaired) electrons. The molecule has 1 fully saturated rings. The fourth-order valence-corrected chi connectivity index (χ4v) is 3.33. The van der Waals surface area contributed by atoms with Crippen molar-refractivity contribution in [2.24, 2.45) is 5.92 Å². The summed E-state index contributed by atoms with van der Waals surface area (Å²) in [5, 5.41) is 18.2. The molecular formula is C13H14N2O4S. The third-order valence-corrected chi connectivity index (χ3v) is 4.75. The molecule has 106 valence electrons. The Bertz CT molecular complexity index is 678. The predicted octanol–water partition coefficient (Wildman–Crippen LogP) is 0.618. The van der Waals surface area contributed by atoms with Gasteiger partial charge in [0.25, 0.3) is 0 Å². The van der Waals surface area contributed by atoms with Gasteiger partial charge >= 0.3 is 5.97 Å². The summed E-state index contributed by atoms with van der Waals surface area (Å²) in [5.41, 5.74) is 1.12. The molecule has 0 spiro atoms. The summed E-state index contributed by atoms with van der Waals surface area (Å²) in [6.07, 6.45) is 1.07. The lowest BCUT2D eigenvalue weighted by atomic mass is 9.88. The van der Waals surface area contributed by atoms with E-state index in [-0.39, 0.29) is 13.1 Å². The van der Waals surface area contributed by atoms with E-state index in [0.29, 0.717) is 11.1 Å². The Hall–Kier alpha value is -1.91. The minimum absolute atomic E-state index is 0.0321. The molecule has 0 unspecified atom stereocenters. The number of hydrogen-bond donors (Lipinski definition) is 1. The average molecular weight is 294 g/mol. The number of benzene rings is 1. The molecule has 1 aromatic carbocycles. The maximum Gasteiger partial charge on any atom is 0.308 e. The van der Waals surface area contributed by atoms with Crippen LogP contribution in [0.2, 0.25) is 0 Å². The number of sulfonamides is 1. The quantitative estimate of drug-likeness (QED) is 0.881. The van der Waals surface area contributed by atoms with E-state index in [1.807, 2.05) is 6.07 Å². The van der Waals surface area contributed by atoms with Crippen molar-refractivity contribution >= 4 is 16.0 Å². The van der Waals surface area contributed by atoms with Crippen molar-refractivity contribution in [1.29, 1.82) is 5.26 Å². The van der Waals surface area contributed by atoms with E-state index >= 15 is 0 Å². The highest BCUT2D eigenvalue weighted by molar-refractivity contribution is 7.88. The van der Waals surface area contributed by atoms with E-state index in [1.165, 1.54) is 4.31 Å². The molecule has 0 bridgehead atoms. The molecule has 1 aliphatic heterocycles. The Morgan fingerprint density at radius 2 is 2.15 bits per heavy atom. The zero-order chi connectivity index (χ0) is 14.9. The van der Waals surface area contributed by atoms with Gasteiger partial charge in [0.05, 0.1) is 23.8 Å². The van der Waals surface area contributed by atoms with Crippen LogP contribution in [0.25, 0.3) is 0 Å². The van der Waals surface area contributed by atoms with Crippen LogP contribution in [0.15, 0.2) is 24.3 Å². The molecule has 0 amide bonds. The lowest BCUT2D eigenvalue weighted by Gasteiger charge is -2.15. The number of nitrogens with zero attached hydrogens (tertiary/aromatic N) is 2. The molecule has 1 saturated heterocycles. The van der Waals surface area contributed by atoms with E-state index in [1.54, 1.807) is 24.3 Å². The maximum absolute atomic E-state index is 11.6. The molecule has 7 heteroatoms.